The molecule has 1 aromatic carbocycles. The zero-order valence-corrected chi connectivity index (χ0v) is 10.1. The van der Waals surface area contributed by atoms with Crippen LogP contribution < -0.4 is 10.3 Å². The van der Waals surface area contributed by atoms with Crippen molar-refractivity contribution >= 4 is 17.9 Å². The van der Waals surface area contributed by atoms with Gasteiger partial charge >= 0.3 is 6.18 Å². The number of hydrogen-bond donors (Lipinski definition) is 1. The molecule has 4 nitrogen and oxygen atoms in total. The summed E-state index contributed by atoms with van der Waals surface area (Å²) in [4.78, 5) is 10.4. The molecular weight excluding hydrogens is 259 g/mol. The molecule has 0 spiro atoms. The van der Waals surface area contributed by atoms with Gasteiger partial charge in [0.15, 0.2) is 0 Å². The Morgan fingerprint density at radius 3 is 2.84 bits per heavy atom. The third kappa shape index (κ3) is 2.86. The summed E-state index contributed by atoms with van der Waals surface area (Å²) < 4.78 is 37.8. The van der Waals surface area contributed by atoms with Crippen molar-refractivity contribution in [2.45, 2.75) is 13.1 Å². The van der Waals surface area contributed by atoms with Crippen LogP contribution in [-0.4, -0.2) is 18.8 Å². The maximum atomic E-state index is 12.6. The lowest BCUT2D eigenvalue weighted by atomic mass is 10.1. The van der Waals surface area contributed by atoms with Crippen molar-refractivity contribution in [1.29, 1.82) is 0 Å². The molecule has 102 valence electrons. The summed E-state index contributed by atoms with van der Waals surface area (Å²) in [5.74, 6) is 0.409. The number of benzene rings is 1. The molecular formula is C12H12F3N3O. The number of amidine groups is 1. The molecule has 1 aliphatic rings. The molecule has 0 saturated heterocycles. The first-order valence-electron chi connectivity index (χ1n) is 5.65. The molecule has 19 heavy (non-hydrogen) atoms. The fourth-order valence-electron chi connectivity index (χ4n) is 1.85. The summed E-state index contributed by atoms with van der Waals surface area (Å²) >= 11 is 0. The fourth-order valence-corrected chi connectivity index (χ4v) is 1.85. The molecule has 1 aromatic rings. The summed E-state index contributed by atoms with van der Waals surface area (Å²) in [5.41, 5.74) is -0.367. The molecule has 0 aromatic heterocycles. The highest BCUT2D eigenvalue weighted by molar-refractivity contribution is 5.94. The van der Waals surface area contributed by atoms with E-state index in [2.05, 4.69) is 10.4 Å². The highest BCUT2D eigenvalue weighted by atomic mass is 19.4. The van der Waals surface area contributed by atoms with Gasteiger partial charge in [-0.1, -0.05) is 13.0 Å². The van der Waals surface area contributed by atoms with E-state index in [1.54, 1.807) is 6.07 Å². The molecule has 0 fully saturated rings. The van der Waals surface area contributed by atoms with Crippen molar-refractivity contribution in [3.63, 3.8) is 0 Å². The van der Waals surface area contributed by atoms with Gasteiger partial charge in [-0.05, 0) is 18.2 Å². The first-order valence-corrected chi connectivity index (χ1v) is 5.65. The lowest BCUT2D eigenvalue weighted by Gasteiger charge is -2.16. The minimum Gasteiger partial charge on any atom is -0.315 e. The Labute approximate surface area is 107 Å². The SMILES string of the molecule is CC1CN(c2cccc(C(F)(F)F)c2)N=C1NC=O. The number of hydrogen-bond acceptors (Lipinski definition) is 3. The van der Waals surface area contributed by atoms with Gasteiger partial charge in [-0.2, -0.15) is 18.3 Å². The van der Waals surface area contributed by atoms with Crippen LogP contribution in [0.15, 0.2) is 29.4 Å². The Morgan fingerprint density at radius 1 is 1.47 bits per heavy atom. The highest BCUT2D eigenvalue weighted by Crippen LogP contribution is 2.32. The van der Waals surface area contributed by atoms with Crippen LogP contribution in [0.1, 0.15) is 12.5 Å². The average molecular weight is 271 g/mol. The molecule has 1 aliphatic heterocycles. The van der Waals surface area contributed by atoms with Gasteiger partial charge in [0.25, 0.3) is 0 Å². The Bertz CT molecular complexity index is 513. The highest BCUT2D eigenvalue weighted by Gasteiger charge is 2.31. The molecule has 0 radical (unpaired) electrons. The van der Waals surface area contributed by atoms with E-state index in [0.717, 1.165) is 12.1 Å². The smallest absolute Gasteiger partial charge is 0.315 e. The lowest BCUT2D eigenvalue weighted by molar-refractivity contribution is -0.137. The quantitative estimate of drug-likeness (QED) is 0.838. The number of carbonyl (C=O) groups is 1. The van der Waals surface area contributed by atoms with Gasteiger partial charge in [-0.3, -0.25) is 9.80 Å². The van der Waals surface area contributed by atoms with Crippen LogP contribution in [0.3, 0.4) is 0 Å². The van der Waals surface area contributed by atoms with E-state index >= 15 is 0 Å². The van der Waals surface area contributed by atoms with Gasteiger partial charge in [0, 0.05) is 5.92 Å². The Morgan fingerprint density at radius 2 is 2.21 bits per heavy atom. The molecule has 1 unspecified atom stereocenters. The number of anilines is 1. The number of carbonyl (C=O) groups excluding carboxylic acids is 1. The molecule has 7 heteroatoms. The molecule has 0 bridgehead atoms. The summed E-state index contributed by atoms with van der Waals surface area (Å²) in [7, 11) is 0. The van der Waals surface area contributed by atoms with Crippen LogP contribution in [0.2, 0.25) is 0 Å². The predicted molar refractivity (Wildman–Crippen MR) is 64.6 cm³/mol. The number of rotatable bonds is 2. The minimum absolute atomic E-state index is 0.0419. The molecule has 1 heterocycles. The Kier molecular flexibility index (Phi) is 3.46. The second-order valence-corrected chi connectivity index (χ2v) is 4.28. The Balaban J connectivity index is 2.26. The minimum atomic E-state index is -4.38. The third-order valence-electron chi connectivity index (χ3n) is 2.82. The van der Waals surface area contributed by atoms with E-state index in [0.29, 0.717) is 24.5 Å². The fraction of sp³-hybridized carbons (Fsp3) is 0.333. The first-order chi connectivity index (χ1) is 8.91. The maximum Gasteiger partial charge on any atom is 0.416 e. The van der Waals surface area contributed by atoms with Crippen LogP contribution in [-0.2, 0) is 11.0 Å². The van der Waals surface area contributed by atoms with Crippen molar-refractivity contribution in [3.05, 3.63) is 29.8 Å². The second-order valence-electron chi connectivity index (χ2n) is 4.28. The Hall–Kier alpha value is -2.05. The van der Waals surface area contributed by atoms with Gasteiger partial charge in [-0.15, -0.1) is 0 Å². The number of amides is 1. The molecule has 0 aliphatic carbocycles. The molecule has 2 rings (SSSR count). The number of halogens is 3. The summed E-state index contributed by atoms with van der Waals surface area (Å²) in [6.45, 7) is 2.26. The molecule has 1 amide bonds. The van der Waals surface area contributed by atoms with Crippen molar-refractivity contribution in [2.75, 3.05) is 11.6 Å². The third-order valence-corrected chi connectivity index (χ3v) is 2.82. The van der Waals surface area contributed by atoms with E-state index in [1.165, 1.54) is 11.1 Å². The first kappa shape index (κ1) is 13.4. The number of nitrogens with one attached hydrogen (secondary N) is 1. The zero-order chi connectivity index (χ0) is 14.0. The van der Waals surface area contributed by atoms with Crippen LogP contribution in [0.4, 0.5) is 18.9 Å². The van der Waals surface area contributed by atoms with Crippen LogP contribution in [0.5, 0.6) is 0 Å². The van der Waals surface area contributed by atoms with Crippen molar-refractivity contribution in [3.8, 4) is 0 Å². The van der Waals surface area contributed by atoms with E-state index in [-0.39, 0.29) is 5.92 Å². The van der Waals surface area contributed by atoms with Crippen LogP contribution in [0, 0.1) is 5.92 Å². The van der Waals surface area contributed by atoms with E-state index < -0.39 is 11.7 Å². The number of hydrazone groups is 1. The van der Waals surface area contributed by atoms with Gasteiger partial charge in [0.1, 0.15) is 5.84 Å². The van der Waals surface area contributed by atoms with Crippen molar-refractivity contribution in [2.24, 2.45) is 11.0 Å². The normalized spacial score (nSPS) is 19.3. The van der Waals surface area contributed by atoms with Crippen LogP contribution >= 0.6 is 0 Å². The van der Waals surface area contributed by atoms with Gasteiger partial charge in [0.2, 0.25) is 6.41 Å². The maximum absolute atomic E-state index is 12.6. The van der Waals surface area contributed by atoms with Crippen LogP contribution in [0.25, 0.3) is 0 Å². The van der Waals surface area contributed by atoms with E-state index in [1.807, 2.05) is 6.92 Å². The topological polar surface area (TPSA) is 44.7 Å². The van der Waals surface area contributed by atoms with Gasteiger partial charge in [0.05, 0.1) is 17.8 Å². The van der Waals surface area contributed by atoms with Crippen molar-refractivity contribution < 1.29 is 18.0 Å². The van der Waals surface area contributed by atoms with Crippen molar-refractivity contribution in [1.82, 2.24) is 5.32 Å². The largest absolute Gasteiger partial charge is 0.416 e. The summed E-state index contributed by atoms with van der Waals surface area (Å²) in [6, 6.07) is 4.94. The van der Waals surface area contributed by atoms with E-state index in [4.69, 9.17) is 0 Å². The molecule has 1 atom stereocenters. The van der Waals surface area contributed by atoms with Gasteiger partial charge < -0.3 is 5.32 Å². The second kappa shape index (κ2) is 4.91. The zero-order valence-electron chi connectivity index (χ0n) is 10.1. The lowest BCUT2D eigenvalue weighted by Crippen LogP contribution is -2.26. The predicted octanol–water partition coefficient (Wildman–Crippen LogP) is 2.22. The van der Waals surface area contributed by atoms with Gasteiger partial charge in [-0.25, -0.2) is 0 Å². The molecule has 0 saturated carbocycles. The summed E-state index contributed by atoms with van der Waals surface area (Å²) in [6.07, 6.45) is -3.88. The average Bonchev–Trinajstić information content (AvgIpc) is 2.71. The number of alkyl halides is 3. The molecule has 1 N–H and O–H groups in total. The standard InChI is InChI=1S/C12H12F3N3O/c1-8-6-18(17-11(8)16-7-19)10-4-2-3-9(5-10)12(13,14)15/h2-5,7-8H,6H2,1H3,(H,16,17,19). The summed E-state index contributed by atoms with van der Waals surface area (Å²) in [5, 5.41) is 7.99. The number of nitrogens with zero attached hydrogens (tertiary/aromatic N) is 2. The monoisotopic (exact) mass is 271 g/mol. The van der Waals surface area contributed by atoms with E-state index in [9.17, 15) is 18.0 Å².